The number of H-pyrrole nitrogens is 1. The summed E-state index contributed by atoms with van der Waals surface area (Å²) in [6, 6.07) is 13.5. The zero-order valence-corrected chi connectivity index (χ0v) is 15.5. The predicted molar refractivity (Wildman–Crippen MR) is 109 cm³/mol. The fourth-order valence-corrected chi connectivity index (χ4v) is 3.32. The summed E-state index contributed by atoms with van der Waals surface area (Å²) in [5.41, 5.74) is 4.46. The van der Waals surface area contributed by atoms with E-state index in [9.17, 15) is 4.79 Å². The number of amides is 1. The zero-order valence-electron chi connectivity index (χ0n) is 14.6. The monoisotopic (exact) mass is 375 g/mol. The van der Waals surface area contributed by atoms with Crippen LogP contribution in [0.5, 0.6) is 0 Å². The van der Waals surface area contributed by atoms with Crippen molar-refractivity contribution in [3.63, 3.8) is 0 Å². The molecule has 3 aromatic heterocycles. The predicted octanol–water partition coefficient (Wildman–Crippen LogP) is 4.14. The molecule has 0 aliphatic carbocycles. The molecule has 0 spiro atoms. The first-order valence-electron chi connectivity index (χ1n) is 8.39. The molecule has 27 heavy (non-hydrogen) atoms. The van der Waals surface area contributed by atoms with Crippen molar-refractivity contribution in [3.05, 3.63) is 72.2 Å². The second kappa shape index (κ2) is 7.59. The van der Waals surface area contributed by atoms with Crippen LogP contribution in [0.4, 0.5) is 5.69 Å². The van der Waals surface area contributed by atoms with Gasteiger partial charge in [0.2, 0.25) is 0 Å². The number of aromatic amines is 1. The summed E-state index contributed by atoms with van der Waals surface area (Å²) in [6.45, 7) is 0. The van der Waals surface area contributed by atoms with Crippen LogP contribution in [0, 0.1) is 0 Å². The first kappa shape index (κ1) is 17.2. The van der Waals surface area contributed by atoms with E-state index in [-0.39, 0.29) is 5.91 Å². The molecular formula is C20H17N5OS. The van der Waals surface area contributed by atoms with Crippen LogP contribution in [-0.2, 0) is 5.75 Å². The second-order valence-electron chi connectivity index (χ2n) is 5.97. The number of rotatable bonds is 5. The van der Waals surface area contributed by atoms with E-state index in [4.69, 9.17) is 0 Å². The Balaban J connectivity index is 1.66. The van der Waals surface area contributed by atoms with E-state index in [1.165, 1.54) is 5.56 Å². The van der Waals surface area contributed by atoms with Gasteiger partial charge in [-0.05, 0) is 30.0 Å². The van der Waals surface area contributed by atoms with Gasteiger partial charge in [-0.3, -0.25) is 9.78 Å². The number of thioether (sulfide) groups is 1. The number of aromatic nitrogens is 4. The Morgan fingerprint density at radius 2 is 2.00 bits per heavy atom. The molecule has 0 aliphatic rings. The van der Waals surface area contributed by atoms with Gasteiger partial charge in [0.15, 0.2) is 5.65 Å². The van der Waals surface area contributed by atoms with Crippen LogP contribution in [0.25, 0.3) is 22.6 Å². The largest absolute Gasteiger partial charge is 0.336 e. The number of benzene rings is 1. The molecule has 1 aromatic carbocycles. The summed E-state index contributed by atoms with van der Waals surface area (Å²) >= 11 is 1.78. The minimum absolute atomic E-state index is 0.235. The van der Waals surface area contributed by atoms with E-state index < -0.39 is 0 Å². The van der Waals surface area contributed by atoms with Gasteiger partial charge in [0.05, 0.1) is 23.0 Å². The van der Waals surface area contributed by atoms with Gasteiger partial charge in [-0.15, -0.1) is 0 Å². The Morgan fingerprint density at radius 1 is 1.15 bits per heavy atom. The lowest BCUT2D eigenvalue weighted by molar-refractivity contribution is 0.102. The lowest BCUT2D eigenvalue weighted by Crippen LogP contribution is -2.12. The molecule has 2 N–H and O–H groups in total. The van der Waals surface area contributed by atoms with Crippen molar-refractivity contribution in [3.8, 4) is 11.4 Å². The number of pyridine rings is 2. The highest BCUT2D eigenvalue weighted by atomic mass is 32.2. The molecule has 6 nitrogen and oxygen atoms in total. The van der Waals surface area contributed by atoms with Gasteiger partial charge in [-0.1, -0.05) is 24.3 Å². The highest BCUT2D eigenvalue weighted by Crippen LogP contribution is 2.23. The lowest BCUT2D eigenvalue weighted by atomic mass is 10.1. The topological polar surface area (TPSA) is 83.6 Å². The minimum Gasteiger partial charge on any atom is -0.336 e. The van der Waals surface area contributed by atoms with E-state index in [2.05, 4.69) is 43.6 Å². The minimum atomic E-state index is -0.235. The normalized spacial score (nSPS) is 10.9. The van der Waals surface area contributed by atoms with Gasteiger partial charge in [0, 0.05) is 23.7 Å². The van der Waals surface area contributed by atoms with Gasteiger partial charge >= 0.3 is 0 Å². The van der Waals surface area contributed by atoms with E-state index in [0.29, 0.717) is 28.2 Å². The maximum absolute atomic E-state index is 12.7. The van der Waals surface area contributed by atoms with E-state index in [0.717, 1.165) is 11.3 Å². The van der Waals surface area contributed by atoms with Crippen LogP contribution in [0.2, 0.25) is 0 Å². The van der Waals surface area contributed by atoms with Gasteiger partial charge in [-0.2, -0.15) is 11.8 Å². The third-order valence-corrected chi connectivity index (χ3v) is 4.72. The molecule has 0 bridgehead atoms. The summed E-state index contributed by atoms with van der Waals surface area (Å²) in [7, 11) is 0. The number of fused-ring (bicyclic) bond motifs is 1. The number of imidazole rings is 1. The van der Waals surface area contributed by atoms with E-state index in [1.54, 1.807) is 48.6 Å². The van der Waals surface area contributed by atoms with E-state index >= 15 is 0 Å². The number of carbonyl (C=O) groups is 1. The Morgan fingerprint density at radius 3 is 2.74 bits per heavy atom. The number of carbonyl (C=O) groups excluding carboxylic acids is 1. The fraction of sp³-hybridized carbons (Fsp3) is 0.100. The second-order valence-corrected chi connectivity index (χ2v) is 6.83. The van der Waals surface area contributed by atoms with Gasteiger partial charge in [0.1, 0.15) is 5.82 Å². The zero-order chi connectivity index (χ0) is 18.6. The molecule has 0 unspecified atom stereocenters. The summed E-state index contributed by atoms with van der Waals surface area (Å²) in [5.74, 6) is 1.43. The summed E-state index contributed by atoms with van der Waals surface area (Å²) < 4.78 is 0. The van der Waals surface area contributed by atoms with Crippen molar-refractivity contribution in [2.24, 2.45) is 0 Å². The summed E-state index contributed by atoms with van der Waals surface area (Å²) in [4.78, 5) is 28.8. The summed E-state index contributed by atoms with van der Waals surface area (Å²) in [6.07, 6.45) is 6.93. The number of nitrogens with zero attached hydrogens (tertiary/aromatic N) is 3. The maximum Gasteiger partial charge on any atom is 0.258 e. The molecule has 134 valence electrons. The molecule has 0 saturated carbocycles. The Bertz CT molecular complexity index is 1080. The van der Waals surface area contributed by atoms with Gasteiger partial charge in [0.25, 0.3) is 5.91 Å². The SMILES string of the molecule is CSCc1ccc(-c2nc3nccc(C(=O)Nc4cccnc4)c3[nH]2)cc1. The van der Waals surface area contributed by atoms with Crippen molar-refractivity contribution in [1.82, 2.24) is 19.9 Å². The van der Waals surface area contributed by atoms with Gasteiger partial charge in [-0.25, -0.2) is 9.97 Å². The molecule has 0 saturated heterocycles. The number of hydrogen-bond donors (Lipinski definition) is 2. The molecule has 4 rings (SSSR count). The van der Waals surface area contributed by atoms with Crippen molar-refractivity contribution in [2.45, 2.75) is 5.75 Å². The highest BCUT2D eigenvalue weighted by molar-refractivity contribution is 7.97. The lowest BCUT2D eigenvalue weighted by Gasteiger charge is -2.04. The first-order chi connectivity index (χ1) is 13.2. The van der Waals surface area contributed by atoms with Crippen LogP contribution in [0.15, 0.2) is 61.1 Å². The third kappa shape index (κ3) is 3.68. The first-order valence-corrected chi connectivity index (χ1v) is 9.78. The molecule has 0 atom stereocenters. The number of hydrogen-bond acceptors (Lipinski definition) is 5. The smallest absolute Gasteiger partial charge is 0.258 e. The fourth-order valence-electron chi connectivity index (χ4n) is 2.80. The van der Waals surface area contributed by atoms with Crippen LogP contribution in [-0.4, -0.2) is 32.1 Å². The molecule has 7 heteroatoms. The molecule has 0 radical (unpaired) electrons. The third-order valence-electron chi connectivity index (χ3n) is 4.09. The molecule has 0 aliphatic heterocycles. The molecule has 4 aromatic rings. The Kier molecular flexibility index (Phi) is 4.84. The maximum atomic E-state index is 12.7. The Labute approximate surface area is 160 Å². The van der Waals surface area contributed by atoms with Gasteiger partial charge < -0.3 is 10.3 Å². The van der Waals surface area contributed by atoms with Crippen molar-refractivity contribution >= 4 is 34.5 Å². The summed E-state index contributed by atoms with van der Waals surface area (Å²) in [5, 5.41) is 2.84. The molecule has 3 heterocycles. The Hall–Kier alpha value is -3.19. The number of nitrogens with one attached hydrogen (secondary N) is 2. The highest BCUT2D eigenvalue weighted by Gasteiger charge is 2.15. The molecular weight excluding hydrogens is 358 g/mol. The van der Waals surface area contributed by atoms with Crippen molar-refractivity contribution in [2.75, 3.05) is 11.6 Å². The number of anilines is 1. The van der Waals surface area contributed by atoms with Crippen LogP contribution < -0.4 is 5.32 Å². The molecule has 1 amide bonds. The van der Waals surface area contributed by atoms with Crippen LogP contribution in [0.3, 0.4) is 0 Å². The molecule has 0 fully saturated rings. The quantitative estimate of drug-likeness (QED) is 0.548. The average molecular weight is 375 g/mol. The van der Waals surface area contributed by atoms with Crippen molar-refractivity contribution < 1.29 is 4.79 Å². The van der Waals surface area contributed by atoms with Crippen LogP contribution >= 0.6 is 11.8 Å². The standard InChI is InChI=1S/C20H17N5OS/c1-27-12-13-4-6-14(7-5-13)18-24-17-16(8-10-22-19(17)25-18)20(26)23-15-3-2-9-21-11-15/h2-11H,12H2,1H3,(H,23,26)(H,22,24,25). The average Bonchev–Trinajstić information content (AvgIpc) is 3.14. The van der Waals surface area contributed by atoms with Crippen LogP contribution in [0.1, 0.15) is 15.9 Å². The van der Waals surface area contributed by atoms with Crippen molar-refractivity contribution in [1.29, 1.82) is 0 Å². The van der Waals surface area contributed by atoms with E-state index in [1.807, 2.05) is 12.1 Å².